The summed E-state index contributed by atoms with van der Waals surface area (Å²) in [6.45, 7) is 4.69. The second-order valence-corrected chi connectivity index (χ2v) is 7.04. The van der Waals surface area contributed by atoms with Crippen molar-refractivity contribution in [1.82, 2.24) is 9.88 Å². The van der Waals surface area contributed by atoms with Crippen molar-refractivity contribution in [1.29, 1.82) is 0 Å². The fraction of sp³-hybridized carbons (Fsp3) is 0.429. The molecule has 1 amide bonds. The molecular weight excluding hydrogens is 342 g/mol. The molecule has 2 aliphatic heterocycles. The zero-order valence-corrected chi connectivity index (χ0v) is 15.6. The lowest BCUT2D eigenvalue weighted by atomic mass is 10.0. The first-order valence-corrected chi connectivity index (χ1v) is 9.56. The highest BCUT2D eigenvalue weighted by Crippen LogP contribution is 2.31. The van der Waals surface area contributed by atoms with Gasteiger partial charge < -0.3 is 19.7 Å². The molecule has 6 nitrogen and oxygen atoms in total. The van der Waals surface area contributed by atoms with Crippen LogP contribution >= 0.6 is 0 Å². The summed E-state index contributed by atoms with van der Waals surface area (Å²) in [7, 11) is 0. The van der Waals surface area contributed by atoms with Crippen LogP contribution in [0.3, 0.4) is 0 Å². The highest BCUT2D eigenvalue weighted by atomic mass is 16.7. The molecule has 142 valence electrons. The van der Waals surface area contributed by atoms with Crippen LogP contribution in [-0.2, 0) is 15.9 Å². The summed E-state index contributed by atoms with van der Waals surface area (Å²) in [4.78, 5) is 19.0. The molecule has 1 aromatic heterocycles. The first-order chi connectivity index (χ1) is 13.2. The number of anilines is 2. The number of rotatable bonds is 4. The third-order valence-corrected chi connectivity index (χ3v) is 5.26. The molecular formula is C21H25N3O3. The summed E-state index contributed by atoms with van der Waals surface area (Å²) in [5.74, 6) is -0.469. The molecule has 0 atom stereocenters. The highest BCUT2D eigenvalue weighted by molar-refractivity contribution is 5.95. The lowest BCUT2D eigenvalue weighted by Gasteiger charge is -2.37. The first-order valence-electron chi connectivity index (χ1n) is 9.56. The van der Waals surface area contributed by atoms with Crippen molar-refractivity contribution in [2.75, 3.05) is 31.6 Å². The van der Waals surface area contributed by atoms with Crippen molar-refractivity contribution in [2.45, 2.75) is 32.0 Å². The van der Waals surface area contributed by atoms with Crippen molar-refractivity contribution in [3.05, 3.63) is 53.9 Å². The van der Waals surface area contributed by atoms with Gasteiger partial charge in [-0.1, -0.05) is 19.1 Å². The smallest absolute Gasteiger partial charge is 0.255 e. The molecule has 2 saturated heterocycles. The lowest BCUT2D eigenvalue weighted by Crippen LogP contribution is -2.47. The van der Waals surface area contributed by atoms with Gasteiger partial charge in [-0.25, -0.2) is 0 Å². The average Bonchev–Trinajstić information content (AvgIpc) is 3.17. The summed E-state index contributed by atoms with van der Waals surface area (Å²) < 4.78 is 11.5. The van der Waals surface area contributed by atoms with Crippen molar-refractivity contribution in [3.8, 4) is 0 Å². The molecule has 0 unspecified atom stereocenters. The van der Waals surface area contributed by atoms with E-state index in [1.54, 1.807) is 12.4 Å². The Labute approximate surface area is 159 Å². The Morgan fingerprint density at radius 1 is 1.11 bits per heavy atom. The van der Waals surface area contributed by atoms with Crippen molar-refractivity contribution in [2.24, 2.45) is 0 Å². The van der Waals surface area contributed by atoms with E-state index >= 15 is 0 Å². The van der Waals surface area contributed by atoms with E-state index in [0.717, 1.165) is 17.8 Å². The second-order valence-electron chi connectivity index (χ2n) is 7.04. The first kappa shape index (κ1) is 17.9. The van der Waals surface area contributed by atoms with Crippen LogP contribution in [0.4, 0.5) is 11.4 Å². The monoisotopic (exact) mass is 367 g/mol. The molecule has 0 saturated carbocycles. The predicted octanol–water partition coefficient (Wildman–Crippen LogP) is 3.37. The zero-order chi connectivity index (χ0) is 18.7. The van der Waals surface area contributed by atoms with Crippen molar-refractivity contribution >= 4 is 17.3 Å². The molecule has 4 rings (SSSR count). The van der Waals surface area contributed by atoms with Crippen LogP contribution in [0.25, 0.3) is 0 Å². The Hall–Kier alpha value is -2.44. The van der Waals surface area contributed by atoms with E-state index in [1.165, 1.54) is 5.56 Å². The van der Waals surface area contributed by atoms with Gasteiger partial charge in [0.25, 0.3) is 5.91 Å². The maximum Gasteiger partial charge on any atom is 0.255 e. The number of aromatic nitrogens is 1. The maximum absolute atomic E-state index is 12.9. The molecule has 27 heavy (non-hydrogen) atoms. The Kier molecular flexibility index (Phi) is 5.09. The number of benzene rings is 1. The molecule has 2 aliphatic rings. The summed E-state index contributed by atoms with van der Waals surface area (Å²) >= 11 is 0. The van der Waals surface area contributed by atoms with Gasteiger partial charge in [0.2, 0.25) is 0 Å². The normalized spacial score (nSPS) is 18.6. The number of hydrogen-bond acceptors (Lipinski definition) is 5. The van der Waals surface area contributed by atoms with E-state index in [0.29, 0.717) is 44.7 Å². The van der Waals surface area contributed by atoms with Crippen LogP contribution in [0.1, 0.15) is 35.7 Å². The third-order valence-electron chi connectivity index (χ3n) is 5.26. The topological polar surface area (TPSA) is 63.7 Å². The average molecular weight is 367 g/mol. The van der Waals surface area contributed by atoms with E-state index in [2.05, 4.69) is 29.4 Å². The van der Waals surface area contributed by atoms with Crippen LogP contribution in [0.15, 0.2) is 42.7 Å². The molecule has 1 aromatic carbocycles. The Morgan fingerprint density at radius 2 is 1.81 bits per heavy atom. The quantitative estimate of drug-likeness (QED) is 0.898. The number of piperidine rings is 1. The van der Waals surface area contributed by atoms with Crippen LogP contribution in [0.5, 0.6) is 0 Å². The molecule has 2 fully saturated rings. The number of aryl methyl sites for hydroxylation is 1. The predicted molar refractivity (Wildman–Crippen MR) is 103 cm³/mol. The number of carbonyl (C=O) groups excluding carboxylic acids is 1. The summed E-state index contributed by atoms with van der Waals surface area (Å²) in [6, 6.07) is 10.1. The number of nitrogens with zero attached hydrogens (tertiary/aromatic N) is 2. The fourth-order valence-corrected chi connectivity index (χ4v) is 3.63. The second kappa shape index (κ2) is 7.66. The van der Waals surface area contributed by atoms with Crippen LogP contribution in [0.2, 0.25) is 0 Å². The summed E-state index contributed by atoms with van der Waals surface area (Å²) in [5, 5.41) is 3.32. The van der Waals surface area contributed by atoms with E-state index in [-0.39, 0.29) is 5.91 Å². The van der Waals surface area contributed by atoms with Gasteiger partial charge in [0.05, 0.1) is 30.7 Å². The van der Waals surface area contributed by atoms with Crippen molar-refractivity contribution in [3.63, 3.8) is 0 Å². The summed E-state index contributed by atoms with van der Waals surface area (Å²) in [6.07, 6.45) is 5.80. The van der Waals surface area contributed by atoms with E-state index < -0.39 is 5.79 Å². The molecule has 0 aliphatic carbocycles. The molecule has 2 aromatic rings. The van der Waals surface area contributed by atoms with Gasteiger partial charge in [0.1, 0.15) is 0 Å². The van der Waals surface area contributed by atoms with Gasteiger partial charge >= 0.3 is 0 Å². The van der Waals surface area contributed by atoms with Gasteiger partial charge in [-0.05, 0) is 30.2 Å². The number of likely N-dealkylation sites (tertiary alicyclic amines) is 1. The molecule has 6 heteroatoms. The van der Waals surface area contributed by atoms with E-state index in [9.17, 15) is 4.79 Å². The molecule has 0 radical (unpaired) electrons. The molecule has 1 N–H and O–H groups in total. The largest absolute Gasteiger partial charge is 0.354 e. The van der Waals surface area contributed by atoms with Crippen LogP contribution < -0.4 is 5.32 Å². The van der Waals surface area contributed by atoms with Crippen LogP contribution in [-0.4, -0.2) is 47.9 Å². The zero-order valence-electron chi connectivity index (χ0n) is 15.6. The fourth-order valence-electron chi connectivity index (χ4n) is 3.63. The SMILES string of the molecule is CCc1ccc(Nc2cncc(C(=O)N3CCC4(CC3)OCCO4)c2)cc1. The van der Waals surface area contributed by atoms with E-state index in [1.807, 2.05) is 23.1 Å². The summed E-state index contributed by atoms with van der Waals surface area (Å²) in [5.41, 5.74) is 3.67. The van der Waals surface area contributed by atoms with E-state index in [4.69, 9.17) is 9.47 Å². The van der Waals surface area contributed by atoms with Gasteiger partial charge in [0.15, 0.2) is 5.79 Å². The number of carbonyl (C=O) groups is 1. The van der Waals surface area contributed by atoms with Crippen molar-refractivity contribution < 1.29 is 14.3 Å². The standard InChI is InChI=1S/C21H25N3O3/c1-2-16-3-5-18(6-4-16)23-19-13-17(14-22-15-19)20(25)24-9-7-21(8-10-24)26-11-12-27-21/h3-6,13-15,23H,2,7-12H2,1H3. The third kappa shape index (κ3) is 3.96. The van der Waals surface area contributed by atoms with Gasteiger partial charge in [-0.15, -0.1) is 0 Å². The lowest BCUT2D eigenvalue weighted by molar-refractivity contribution is -0.181. The minimum absolute atomic E-state index is 0.000304. The molecule has 1 spiro atoms. The number of nitrogens with one attached hydrogen (secondary N) is 1. The molecule has 0 bridgehead atoms. The highest BCUT2D eigenvalue weighted by Gasteiger charge is 2.40. The minimum atomic E-state index is -0.469. The van der Waals surface area contributed by atoms with Crippen LogP contribution in [0, 0.1) is 0 Å². The van der Waals surface area contributed by atoms with Gasteiger partial charge in [0, 0.05) is 37.8 Å². The Balaban J connectivity index is 1.41. The molecule has 3 heterocycles. The minimum Gasteiger partial charge on any atom is -0.354 e. The maximum atomic E-state index is 12.9. The van der Waals surface area contributed by atoms with Gasteiger partial charge in [-0.2, -0.15) is 0 Å². The number of hydrogen-bond donors (Lipinski definition) is 1. The Morgan fingerprint density at radius 3 is 2.48 bits per heavy atom. The number of ether oxygens (including phenoxy) is 2. The Bertz CT molecular complexity index is 791. The number of pyridine rings is 1. The van der Waals surface area contributed by atoms with Gasteiger partial charge in [-0.3, -0.25) is 9.78 Å². The number of amides is 1.